The molecule has 0 fully saturated rings. The van der Waals surface area contributed by atoms with E-state index in [-0.39, 0.29) is 5.76 Å². The fraction of sp³-hybridized carbons (Fsp3) is 0.353. The summed E-state index contributed by atoms with van der Waals surface area (Å²) in [4.78, 5) is 37.3. The van der Waals surface area contributed by atoms with Gasteiger partial charge in [0.25, 0.3) is 11.8 Å². The number of imide groups is 1. The van der Waals surface area contributed by atoms with Gasteiger partial charge in [-0.15, -0.1) is 11.3 Å². The number of thiophene rings is 1. The van der Waals surface area contributed by atoms with Gasteiger partial charge in [0.2, 0.25) is 0 Å². The first kappa shape index (κ1) is 17.2. The Kier molecular flexibility index (Phi) is 4.89. The Hall–Kier alpha value is -2.61. The minimum absolute atomic E-state index is 0.152. The highest BCUT2D eigenvalue weighted by Crippen LogP contribution is 2.39. The number of methoxy groups -OCH3 is 1. The smallest absolute Gasteiger partial charge is 0.413 e. The number of carbonyl (C=O) groups excluding carboxylic acids is 3. The highest BCUT2D eigenvalue weighted by molar-refractivity contribution is 7.17. The Morgan fingerprint density at radius 2 is 2.12 bits per heavy atom. The molecular weight excluding hydrogens is 344 g/mol. The van der Waals surface area contributed by atoms with E-state index >= 15 is 0 Å². The van der Waals surface area contributed by atoms with E-state index in [1.165, 1.54) is 24.7 Å². The summed E-state index contributed by atoms with van der Waals surface area (Å²) in [6.45, 7) is 2.15. The van der Waals surface area contributed by atoms with Gasteiger partial charge in [0.15, 0.2) is 5.76 Å². The summed E-state index contributed by atoms with van der Waals surface area (Å²) in [6.07, 6.45) is 3.09. The van der Waals surface area contributed by atoms with Gasteiger partial charge in [-0.3, -0.25) is 14.9 Å². The Morgan fingerprint density at radius 3 is 2.80 bits per heavy atom. The Balaban J connectivity index is 1.94. The molecule has 2 heterocycles. The van der Waals surface area contributed by atoms with Gasteiger partial charge >= 0.3 is 6.09 Å². The van der Waals surface area contributed by atoms with Crippen molar-refractivity contribution in [3.63, 3.8) is 0 Å². The van der Waals surface area contributed by atoms with Crippen LogP contribution >= 0.6 is 11.3 Å². The second-order valence-corrected chi connectivity index (χ2v) is 7.04. The van der Waals surface area contributed by atoms with Crippen molar-refractivity contribution in [3.8, 4) is 0 Å². The van der Waals surface area contributed by atoms with Gasteiger partial charge in [-0.05, 0) is 42.9 Å². The molecule has 25 heavy (non-hydrogen) atoms. The highest BCUT2D eigenvalue weighted by Gasteiger charge is 2.29. The van der Waals surface area contributed by atoms with E-state index in [9.17, 15) is 14.4 Å². The van der Waals surface area contributed by atoms with Crippen LogP contribution in [0, 0.1) is 5.92 Å². The molecule has 3 rings (SSSR count). The number of carbonyl (C=O) groups is 3. The molecule has 2 aromatic heterocycles. The molecule has 2 N–H and O–H groups in total. The minimum atomic E-state index is -0.836. The van der Waals surface area contributed by atoms with Crippen molar-refractivity contribution in [1.29, 1.82) is 0 Å². The number of furan rings is 1. The van der Waals surface area contributed by atoms with Gasteiger partial charge in [-0.1, -0.05) is 6.92 Å². The van der Waals surface area contributed by atoms with Crippen LogP contribution in [-0.4, -0.2) is 25.0 Å². The van der Waals surface area contributed by atoms with Crippen molar-refractivity contribution in [1.82, 2.24) is 5.32 Å². The van der Waals surface area contributed by atoms with Crippen molar-refractivity contribution in [3.05, 3.63) is 40.2 Å². The summed E-state index contributed by atoms with van der Waals surface area (Å²) in [5.74, 6) is -0.354. The minimum Gasteiger partial charge on any atom is -0.459 e. The second kappa shape index (κ2) is 7.10. The van der Waals surface area contributed by atoms with E-state index < -0.39 is 17.9 Å². The van der Waals surface area contributed by atoms with Crippen LogP contribution in [-0.2, 0) is 17.6 Å². The maximum absolute atomic E-state index is 12.5. The number of nitrogens with one attached hydrogen (secondary N) is 2. The first-order chi connectivity index (χ1) is 12.0. The molecule has 0 saturated carbocycles. The van der Waals surface area contributed by atoms with Crippen molar-refractivity contribution in [2.45, 2.75) is 26.2 Å². The topological polar surface area (TPSA) is 97.6 Å². The average molecular weight is 362 g/mol. The fourth-order valence-corrected chi connectivity index (χ4v) is 4.26. The lowest BCUT2D eigenvalue weighted by molar-refractivity contribution is 0.0937. The Labute approximate surface area is 148 Å². The number of fused-ring (bicyclic) bond motifs is 1. The van der Waals surface area contributed by atoms with Crippen LogP contribution < -0.4 is 10.6 Å². The van der Waals surface area contributed by atoms with Crippen LogP contribution in [0.15, 0.2) is 22.8 Å². The lowest BCUT2D eigenvalue weighted by Gasteiger charge is -2.18. The van der Waals surface area contributed by atoms with Crippen molar-refractivity contribution >= 4 is 34.2 Å². The van der Waals surface area contributed by atoms with Crippen molar-refractivity contribution in [2.24, 2.45) is 5.92 Å². The molecule has 3 amide bonds. The van der Waals surface area contributed by atoms with Gasteiger partial charge in [0.05, 0.1) is 18.9 Å². The molecular formula is C17H18N2O5S. The van der Waals surface area contributed by atoms with E-state index in [2.05, 4.69) is 22.3 Å². The zero-order valence-corrected chi connectivity index (χ0v) is 14.7. The van der Waals surface area contributed by atoms with Gasteiger partial charge in [0, 0.05) is 4.88 Å². The highest BCUT2D eigenvalue weighted by atomic mass is 32.1. The van der Waals surface area contributed by atoms with Gasteiger partial charge in [0.1, 0.15) is 5.00 Å². The fourth-order valence-electron chi connectivity index (χ4n) is 2.86. The summed E-state index contributed by atoms with van der Waals surface area (Å²) in [7, 11) is 1.19. The predicted octanol–water partition coefficient (Wildman–Crippen LogP) is 3.21. The molecule has 2 aromatic rings. The Morgan fingerprint density at radius 1 is 1.32 bits per heavy atom. The normalized spacial score (nSPS) is 16.0. The molecule has 0 aliphatic heterocycles. The molecule has 0 radical (unpaired) electrons. The summed E-state index contributed by atoms with van der Waals surface area (Å²) in [5.41, 5.74) is 1.22. The molecule has 0 bridgehead atoms. The number of anilines is 1. The molecule has 8 heteroatoms. The van der Waals surface area contributed by atoms with E-state index in [1.54, 1.807) is 12.1 Å². The van der Waals surface area contributed by atoms with Gasteiger partial charge in [-0.2, -0.15) is 0 Å². The molecule has 0 aromatic carbocycles. The lowest BCUT2D eigenvalue weighted by Crippen LogP contribution is -2.31. The average Bonchev–Trinajstić information content (AvgIpc) is 3.21. The maximum atomic E-state index is 12.5. The van der Waals surface area contributed by atoms with Crippen LogP contribution in [0.3, 0.4) is 0 Å². The van der Waals surface area contributed by atoms with Gasteiger partial charge in [-0.25, -0.2) is 4.79 Å². The molecule has 0 spiro atoms. The third-order valence-electron chi connectivity index (χ3n) is 4.11. The molecule has 7 nitrogen and oxygen atoms in total. The monoisotopic (exact) mass is 362 g/mol. The van der Waals surface area contributed by atoms with Crippen LogP contribution in [0.2, 0.25) is 0 Å². The SMILES string of the molecule is COC(=O)NC(=O)c1c(NC(=O)c2ccco2)sc2c1CC[C@H](C)C2. The molecule has 1 aliphatic carbocycles. The third kappa shape index (κ3) is 3.58. The molecule has 132 valence electrons. The number of alkyl carbamates (subject to hydrolysis) is 1. The van der Waals surface area contributed by atoms with E-state index in [0.717, 1.165) is 29.7 Å². The standard InChI is InChI=1S/C17H18N2O5S/c1-9-5-6-10-12(8-9)25-16(13(10)15(21)19-17(22)23-2)18-14(20)11-4-3-7-24-11/h3-4,7,9H,5-6,8H2,1-2H3,(H,18,20)(H,19,21,22)/t9-/m0/s1. The first-order valence-corrected chi connectivity index (χ1v) is 8.70. The summed E-state index contributed by atoms with van der Waals surface area (Å²) < 4.78 is 9.58. The predicted molar refractivity (Wildman–Crippen MR) is 92.0 cm³/mol. The zero-order chi connectivity index (χ0) is 18.0. The molecule has 0 unspecified atom stereocenters. The van der Waals surface area contributed by atoms with Crippen molar-refractivity contribution in [2.75, 3.05) is 12.4 Å². The summed E-state index contributed by atoms with van der Waals surface area (Å²) in [5, 5.41) is 5.32. The van der Waals surface area contributed by atoms with Crippen molar-refractivity contribution < 1.29 is 23.5 Å². The summed E-state index contributed by atoms with van der Waals surface area (Å²) >= 11 is 1.37. The van der Waals surface area contributed by atoms with Crippen LogP contribution in [0.4, 0.5) is 9.80 Å². The number of hydrogen-bond donors (Lipinski definition) is 2. The van der Waals surface area contributed by atoms with E-state index in [0.29, 0.717) is 16.5 Å². The molecule has 1 atom stereocenters. The first-order valence-electron chi connectivity index (χ1n) is 7.88. The summed E-state index contributed by atoms with van der Waals surface area (Å²) in [6, 6.07) is 3.15. The third-order valence-corrected chi connectivity index (χ3v) is 5.28. The number of rotatable bonds is 3. The maximum Gasteiger partial charge on any atom is 0.413 e. The number of amides is 3. The zero-order valence-electron chi connectivity index (χ0n) is 13.9. The van der Waals surface area contributed by atoms with E-state index in [4.69, 9.17) is 4.42 Å². The number of ether oxygens (including phenoxy) is 1. The quantitative estimate of drug-likeness (QED) is 0.874. The number of hydrogen-bond acceptors (Lipinski definition) is 6. The lowest BCUT2D eigenvalue weighted by atomic mass is 9.88. The Bertz CT molecular complexity index is 809. The van der Waals surface area contributed by atoms with E-state index in [1.807, 2.05) is 0 Å². The molecule has 0 saturated heterocycles. The second-order valence-electron chi connectivity index (χ2n) is 5.93. The van der Waals surface area contributed by atoms with Crippen LogP contribution in [0.25, 0.3) is 0 Å². The molecule has 1 aliphatic rings. The van der Waals surface area contributed by atoms with Gasteiger partial charge < -0.3 is 14.5 Å². The largest absolute Gasteiger partial charge is 0.459 e. The van der Waals surface area contributed by atoms with Crippen LogP contribution in [0.1, 0.15) is 44.7 Å². The van der Waals surface area contributed by atoms with Crippen LogP contribution in [0.5, 0.6) is 0 Å².